The van der Waals surface area contributed by atoms with Gasteiger partial charge in [0.25, 0.3) is 5.91 Å². The van der Waals surface area contributed by atoms with Gasteiger partial charge in [-0.15, -0.1) is 0 Å². The molecule has 7 nitrogen and oxygen atoms in total. The van der Waals surface area contributed by atoms with Gasteiger partial charge in [-0.3, -0.25) is 4.79 Å². The molecule has 154 valence electrons. The van der Waals surface area contributed by atoms with Crippen LogP contribution in [0.2, 0.25) is 0 Å². The van der Waals surface area contributed by atoms with Crippen LogP contribution < -0.4 is 16.0 Å². The molecule has 1 atom stereocenters. The number of primary amides is 1. The minimum absolute atomic E-state index is 0.110. The fourth-order valence-electron chi connectivity index (χ4n) is 3.45. The number of ether oxygens (including phenoxy) is 1. The zero-order valence-electron chi connectivity index (χ0n) is 16.3. The number of hydrogen-bond donors (Lipinski definition) is 2. The topological polar surface area (TPSA) is 102 Å². The number of nitrogens with zero attached hydrogens (tertiary/aromatic N) is 1. The van der Waals surface area contributed by atoms with Crippen LogP contribution in [0.3, 0.4) is 0 Å². The van der Waals surface area contributed by atoms with Crippen molar-refractivity contribution in [1.82, 2.24) is 5.32 Å². The molecule has 1 aromatic rings. The Kier molecular flexibility index (Phi) is 9.13. The molecule has 0 spiro atoms. The van der Waals surface area contributed by atoms with Gasteiger partial charge in [-0.2, -0.15) is 11.8 Å². The minimum atomic E-state index is -0.849. The lowest BCUT2D eigenvalue weighted by Gasteiger charge is -2.34. The summed E-state index contributed by atoms with van der Waals surface area (Å²) in [4.78, 5) is 38.2. The summed E-state index contributed by atoms with van der Waals surface area (Å²) in [5.41, 5.74) is 5.95. The van der Waals surface area contributed by atoms with Crippen molar-refractivity contribution in [2.45, 2.75) is 50.6 Å². The number of para-hydroxylation sites is 1. The molecule has 1 saturated carbocycles. The van der Waals surface area contributed by atoms with Crippen molar-refractivity contribution in [2.24, 2.45) is 5.73 Å². The fourth-order valence-corrected chi connectivity index (χ4v) is 3.92. The molecular weight excluding hydrogens is 378 g/mol. The van der Waals surface area contributed by atoms with Gasteiger partial charge in [0.05, 0.1) is 0 Å². The van der Waals surface area contributed by atoms with Gasteiger partial charge in [-0.25, -0.2) is 9.59 Å². The number of nitrogens with one attached hydrogen (secondary N) is 1. The number of esters is 1. The lowest BCUT2D eigenvalue weighted by Crippen LogP contribution is -2.47. The number of nitrogens with two attached hydrogens (primary N) is 1. The number of urea groups is 1. The van der Waals surface area contributed by atoms with E-state index in [1.54, 1.807) is 16.7 Å². The van der Waals surface area contributed by atoms with E-state index in [2.05, 4.69) is 5.32 Å². The Balaban J connectivity index is 2.03. The van der Waals surface area contributed by atoms with Crippen molar-refractivity contribution in [3.05, 3.63) is 30.3 Å². The summed E-state index contributed by atoms with van der Waals surface area (Å²) in [6.45, 7) is -0.361. The fraction of sp³-hybridized carbons (Fsp3) is 0.550. The van der Waals surface area contributed by atoms with E-state index in [1.807, 2.05) is 36.6 Å². The highest BCUT2D eigenvalue weighted by Gasteiger charge is 2.28. The average Bonchev–Trinajstić information content (AvgIpc) is 2.71. The van der Waals surface area contributed by atoms with Gasteiger partial charge in [-0.05, 0) is 43.4 Å². The Morgan fingerprint density at radius 1 is 1.21 bits per heavy atom. The first kappa shape index (κ1) is 22.1. The molecule has 1 aliphatic carbocycles. The molecule has 2 rings (SSSR count). The van der Waals surface area contributed by atoms with Crippen LogP contribution in [0.4, 0.5) is 10.5 Å². The number of carbonyl (C=O) groups is 3. The summed E-state index contributed by atoms with van der Waals surface area (Å²) in [7, 11) is 0. The lowest BCUT2D eigenvalue weighted by molar-refractivity contribution is -0.149. The smallest absolute Gasteiger partial charge is 0.329 e. The zero-order chi connectivity index (χ0) is 20.4. The van der Waals surface area contributed by atoms with Crippen molar-refractivity contribution >= 4 is 35.4 Å². The van der Waals surface area contributed by atoms with Gasteiger partial charge < -0.3 is 20.7 Å². The highest BCUT2D eigenvalue weighted by Crippen LogP contribution is 2.27. The Hall–Kier alpha value is -2.22. The first-order valence-corrected chi connectivity index (χ1v) is 11.0. The summed E-state index contributed by atoms with van der Waals surface area (Å²) in [6.07, 6.45) is 7.52. The quantitative estimate of drug-likeness (QED) is 0.613. The molecule has 0 bridgehead atoms. The third-order valence-corrected chi connectivity index (χ3v) is 5.44. The van der Waals surface area contributed by atoms with Gasteiger partial charge in [0, 0.05) is 11.7 Å². The van der Waals surface area contributed by atoms with Gasteiger partial charge in [0.2, 0.25) is 0 Å². The van der Waals surface area contributed by atoms with E-state index in [0.717, 1.165) is 31.4 Å². The maximum atomic E-state index is 12.9. The molecular formula is C20H29N3O4S. The number of hydrogen-bond acceptors (Lipinski definition) is 5. The number of amides is 3. The molecule has 0 aromatic heterocycles. The largest absolute Gasteiger partial charge is 0.454 e. The molecule has 28 heavy (non-hydrogen) atoms. The van der Waals surface area contributed by atoms with Crippen LogP contribution >= 0.6 is 11.8 Å². The van der Waals surface area contributed by atoms with E-state index >= 15 is 0 Å². The molecule has 0 unspecified atom stereocenters. The third kappa shape index (κ3) is 6.74. The third-order valence-electron chi connectivity index (χ3n) is 4.79. The Bertz CT molecular complexity index is 650. The van der Waals surface area contributed by atoms with E-state index in [1.165, 1.54) is 6.42 Å². The van der Waals surface area contributed by atoms with E-state index < -0.39 is 18.0 Å². The molecule has 1 aliphatic rings. The van der Waals surface area contributed by atoms with Crippen LogP contribution in [-0.2, 0) is 14.3 Å². The van der Waals surface area contributed by atoms with Crippen LogP contribution in [0.25, 0.3) is 0 Å². The molecule has 3 amide bonds. The molecule has 0 radical (unpaired) electrons. The number of thioether (sulfide) groups is 1. The summed E-state index contributed by atoms with van der Waals surface area (Å²) in [6, 6.07) is 7.94. The zero-order valence-corrected chi connectivity index (χ0v) is 17.1. The number of rotatable bonds is 9. The SMILES string of the molecule is CSCC[C@@H](NC(N)=O)C(=O)OCC(=O)N(c1ccccc1)C1CCCCC1. The molecule has 1 fully saturated rings. The first-order valence-electron chi connectivity index (χ1n) is 9.61. The first-order chi connectivity index (χ1) is 13.5. The Morgan fingerprint density at radius 2 is 1.89 bits per heavy atom. The summed E-state index contributed by atoms with van der Waals surface area (Å²) < 4.78 is 5.25. The molecule has 0 saturated heterocycles. The van der Waals surface area contributed by atoms with Crippen molar-refractivity contribution in [3.63, 3.8) is 0 Å². The van der Waals surface area contributed by atoms with Gasteiger partial charge in [0.15, 0.2) is 6.61 Å². The van der Waals surface area contributed by atoms with E-state index in [9.17, 15) is 14.4 Å². The minimum Gasteiger partial charge on any atom is -0.454 e. The highest BCUT2D eigenvalue weighted by atomic mass is 32.2. The van der Waals surface area contributed by atoms with Crippen molar-refractivity contribution < 1.29 is 19.1 Å². The van der Waals surface area contributed by atoms with E-state index in [0.29, 0.717) is 12.2 Å². The monoisotopic (exact) mass is 407 g/mol. The standard InChI is InChI=1S/C20H29N3O4S/c1-28-13-12-17(22-20(21)26)19(25)27-14-18(24)23(15-8-4-2-5-9-15)16-10-6-3-7-11-16/h2,4-5,8-9,16-17H,3,6-7,10-14H2,1H3,(H3,21,22,26)/t17-/m1/s1. The van der Waals surface area contributed by atoms with Gasteiger partial charge in [-0.1, -0.05) is 37.5 Å². The summed E-state index contributed by atoms with van der Waals surface area (Å²) in [5, 5.41) is 2.39. The molecule has 3 N–H and O–H groups in total. The number of carbonyl (C=O) groups excluding carboxylic acids is 3. The van der Waals surface area contributed by atoms with E-state index in [-0.39, 0.29) is 18.6 Å². The van der Waals surface area contributed by atoms with Crippen molar-refractivity contribution in [2.75, 3.05) is 23.5 Å². The van der Waals surface area contributed by atoms with Crippen molar-refractivity contribution in [1.29, 1.82) is 0 Å². The van der Waals surface area contributed by atoms with Crippen molar-refractivity contribution in [3.8, 4) is 0 Å². The normalized spacial score (nSPS) is 15.5. The highest BCUT2D eigenvalue weighted by molar-refractivity contribution is 7.98. The van der Waals surface area contributed by atoms with Crippen LogP contribution in [0.15, 0.2) is 30.3 Å². The van der Waals surface area contributed by atoms with Crippen LogP contribution in [0.5, 0.6) is 0 Å². The maximum absolute atomic E-state index is 12.9. The van der Waals surface area contributed by atoms with E-state index in [4.69, 9.17) is 10.5 Å². The maximum Gasteiger partial charge on any atom is 0.329 e. The predicted octanol–water partition coefficient (Wildman–Crippen LogP) is 2.69. The molecule has 0 heterocycles. The van der Waals surface area contributed by atoms with Gasteiger partial charge in [0.1, 0.15) is 6.04 Å². The number of benzene rings is 1. The second-order valence-electron chi connectivity index (χ2n) is 6.84. The molecule has 1 aromatic carbocycles. The lowest BCUT2D eigenvalue weighted by atomic mass is 9.93. The second kappa shape index (κ2) is 11.6. The van der Waals surface area contributed by atoms with Crippen LogP contribution in [-0.4, -0.2) is 48.6 Å². The molecule has 0 aliphatic heterocycles. The Labute approximate surface area is 170 Å². The average molecular weight is 408 g/mol. The number of anilines is 1. The summed E-state index contributed by atoms with van der Waals surface area (Å²) in [5.74, 6) is -0.237. The second-order valence-corrected chi connectivity index (χ2v) is 7.83. The predicted molar refractivity (Wildman–Crippen MR) is 111 cm³/mol. The molecule has 8 heteroatoms. The van der Waals surface area contributed by atoms with Crippen LogP contribution in [0, 0.1) is 0 Å². The Morgan fingerprint density at radius 3 is 2.50 bits per heavy atom. The summed E-state index contributed by atoms with van der Waals surface area (Å²) >= 11 is 1.54. The van der Waals surface area contributed by atoms with Crippen LogP contribution in [0.1, 0.15) is 38.5 Å². The van der Waals surface area contributed by atoms with Gasteiger partial charge >= 0.3 is 12.0 Å².